The van der Waals surface area contributed by atoms with Gasteiger partial charge >= 0.3 is 5.97 Å². The molecule has 3 nitrogen and oxygen atoms in total. The average Bonchev–Trinajstić information content (AvgIpc) is 2.91. The highest BCUT2D eigenvalue weighted by Gasteiger charge is 2.25. The summed E-state index contributed by atoms with van der Waals surface area (Å²) in [5.41, 5.74) is 2.97. The predicted octanol–water partition coefficient (Wildman–Crippen LogP) is 3.59. The van der Waals surface area contributed by atoms with Crippen molar-refractivity contribution in [2.45, 2.75) is 0 Å². The Bertz CT molecular complexity index is 728. The summed E-state index contributed by atoms with van der Waals surface area (Å²) >= 11 is 0. The number of allylic oxidation sites excluding steroid dienone is 2. The minimum Gasteiger partial charge on any atom is -0.312 e. The van der Waals surface area contributed by atoms with Gasteiger partial charge in [0, 0.05) is 5.56 Å². The molecule has 1 aliphatic rings. The summed E-state index contributed by atoms with van der Waals surface area (Å²) in [4.78, 5) is 16.5. The van der Waals surface area contributed by atoms with Gasteiger partial charge in [-0.2, -0.15) is 0 Å². The van der Waals surface area contributed by atoms with Crippen molar-refractivity contribution in [3.8, 4) is 0 Å². The van der Waals surface area contributed by atoms with E-state index in [9.17, 15) is 4.79 Å². The maximum Gasteiger partial charge on any atom is 0.368 e. The van der Waals surface area contributed by atoms with Crippen molar-refractivity contribution in [1.29, 1.82) is 0 Å². The zero-order valence-corrected chi connectivity index (χ0v) is 11.3. The molecule has 0 N–H and O–H groups in total. The van der Waals surface area contributed by atoms with Crippen LogP contribution in [0.3, 0.4) is 0 Å². The van der Waals surface area contributed by atoms with Gasteiger partial charge in [0.1, 0.15) is 5.71 Å². The molecule has 2 aromatic carbocycles. The van der Waals surface area contributed by atoms with Crippen molar-refractivity contribution in [2.75, 3.05) is 0 Å². The molecule has 0 bridgehead atoms. The van der Waals surface area contributed by atoms with Crippen LogP contribution < -0.4 is 0 Å². The Morgan fingerprint density at radius 2 is 1.57 bits per heavy atom. The van der Waals surface area contributed by atoms with Crippen molar-refractivity contribution >= 4 is 17.8 Å². The predicted molar refractivity (Wildman–Crippen MR) is 82.6 cm³/mol. The van der Waals surface area contributed by atoms with Crippen molar-refractivity contribution < 1.29 is 9.63 Å². The first-order valence-electron chi connectivity index (χ1n) is 6.63. The van der Waals surface area contributed by atoms with E-state index >= 15 is 0 Å². The smallest absolute Gasteiger partial charge is 0.312 e. The molecule has 1 aliphatic heterocycles. The first kappa shape index (κ1) is 13.1. The minimum absolute atomic E-state index is 0.424. The highest BCUT2D eigenvalue weighted by molar-refractivity contribution is 6.29. The van der Waals surface area contributed by atoms with E-state index in [1.54, 1.807) is 6.08 Å². The normalized spacial score (nSPS) is 16.3. The Kier molecular flexibility index (Phi) is 3.74. The molecule has 0 spiro atoms. The van der Waals surface area contributed by atoms with Gasteiger partial charge in [-0.15, -0.1) is 0 Å². The Morgan fingerprint density at radius 1 is 0.905 bits per heavy atom. The molecule has 21 heavy (non-hydrogen) atoms. The van der Waals surface area contributed by atoms with E-state index in [2.05, 4.69) is 5.16 Å². The first-order chi connectivity index (χ1) is 10.3. The van der Waals surface area contributed by atoms with Crippen LogP contribution in [0.25, 0.3) is 6.08 Å². The fourth-order valence-corrected chi connectivity index (χ4v) is 2.05. The number of benzene rings is 2. The molecule has 0 atom stereocenters. The topological polar surface area (TPSA) is 38.7 Å². The fraction of sp³-hybridized carbons (Fsp3) is 0. The fourth-order valence-electron chi connectivity index (χ4n) is 2.05. The molecule has 0 fully saturated rings. The summed E-state index contributed by atoms with van der Waals surface area (Å²) in [6.45, 7) is 0. The van der Waals surface area contributed by atoms with Gasteiger partial charge in [0.05, 0.1) is 5.57 Å². The third-order valence-electron chi connectivity index (χ3n) is 3.09. The molecule has 102 valence electrons. The highest BCUT2D eigenvalue weighted by Crippen LogP contribution is 2.18. The largest absolute Gasteiger partial charge is 0.368 e. The summed E-state index contributed by atoms with van der Waals surface area (Å²) < 4.78 is 0. The van der Waals surface area contributed by atoms with Crippen LogP contribution in [0.2, 0.25) is 0 Å². The summed E-state index contributed by atoms with van der Waals surface area (Å²) in [6, 6.07) is 19.4. The van der Waals surface area contributed by atoms with Gasteiger partial charge in [0.15, 0.2) is 0 Å². The van der Waals surface area contributed by atoms with Crippen LogP contribution >= 0.6 is 0 Å². The minimum atomic E-state index is -0.424. The summed E-state index contributed by atoms with van der Waals surface area (Å²) in [7, 11) is 0. The second kappa shape index (κ2) is 6.01. The number of oxime groups is 1. The lowest BCUT2D eigenvalue weighted by molar-refractivity contribution is -0.136. The second-order valence-corrected chi connectivity index (χ2v) is 4.53. The monoisotopic (exact) mass is 275 g/mol. The average molecular weight is 275 g/mol. The van der Waals surface area contributed by atoms with E-state index in [-0.39, 0.29) is 0 Å². The number of nitrogens with zero attached hydrogens (tertiary/aromatic N) is 1. The molecule has 3 rings (SSSR count). The van der Waals surface area contributed by atoms with E-state index in [4.69, 9.17) is 4.84 Å². The van der Waals surface area contributed by atoms with E-state index in [0.29, 0.717) is 11.3 Å². The second-order valence-electron chi connectivity index (χ2n) is 4.53. The van der Waals surface area contributed by atoms with Crippen LogP contribution in [-0.2, 0) is 9.63 Å². The molecule has 0 radical (unpaired) electrons. The number of carbonyl (C=O) groups excluding carboxylic acids is 1. The summed E-state index contributed by atoms with van der Waals surface area (Å²) in [5, 5.41) is 3.86. The van der Waals surface area contributed by atoms with Gasteiger partial charge in [0.25, 0.3) is 0 Å². The Morgan fingerprint density at radius 3 is 2.29 bits per heavy atom. The molecule has 0 saturated carbocycles. The third kappa shape index (κ3) is 2.98. The van der Waals surface area contributed by atoms with Crippen LogP contribution in [0, 0.1) is 0 Å². The van der Waals surface area contributed by atoms with Gasteiger partial charge in [0.2, 0.25) is 0 Å². The molecule has 2 aromatic rings. The maximum atomic E-state index is 11.8. The van der Waals surface area contributed by atoms with Crippen molar-refractivity contribution in [1.82, 2.24) is 0 Å². The number of hydrogen-bond acceptors (Lipinski definition) is 3. The molecule has 1 heterocycles. The van der Waals surface area contributed by atoms with Crippen molar-refractivity contribution in [2.24, 2.45) is 5.16 Å². The van der Waals surface area contributed by atoms with E-state index < -0.39 is 5.97 Å². The van der Waals surface area contributed by atoms with Gasteiger partial charge in [-0.3, -0.25) is 0 Å². The number of carbonyl (C=O) groups is 1. The zero-order valence-electron chi connectivity index (χ0n) is 11.3. The SMILES string of the molecule is O=C1ON=C(c2ccccc2)/C1=C\C=C/c1ccccc1. The first-order valence-corrected chi connectivity index (χ1v) is 6.63. The molecule has 0 saturated heterocycles. The van der Waals surface area contributed by atoms with Gasteiger partial charge in [-0.05, 0) is 11.6 Å². The van der Waals surface area contributed by atoms with Crippen molar-refractivity contribution in [3.05, 3.63) is 89.5 Å². The third-order valence-corrected chi connectivity index (χ3v) is 3.09. The molecular weight excluding hydrogens is 262 g/mol. The van der Waals surface area contributed by atoms with E-state index in [1.165, 1.54) is 0 Å². The molecule has 0 amide bonds. The Balaban J connectivity index is 1.86. The van der Waals surface area contributed by atoms with Crippen LogP contribution in [0.4, 0.5) is 0 Å². The lowest BCUT2D eigenvalue weighted by atomic mass is 10.0. The van der Waals surface area contributed by atoms with Crippen LogP contribution in [-0.4, -0.2) is 11.7 Å². The zero-order chi connectivity index (χ0) is 14.5. The lowest BCUT2D eigenvalue weighted by Gasteiger charge is -1.98. The van der Waals surface area contributed by atoms with Crippen LogP contribution in [0.5, 0.6) is 0 Å². The molecule has 0 aromatic heterocycles. The number of hydrogen-bond donors (Lipinski definition) is 0. The van der Waals surface area contributed by atoms with E-state index in [0.717, 1.165) is 11.1 Å². The Labute approximate surface area is 122 Å². The van der Waals surface area contributed by atoms with Crippen LogP contribution in [0.1, 0.15) is 11.1 Å². The lowest BCUT2D eigenvalue weighted by Crippen LogP contribution is -2.06. The highest BCUT2D eigenvalue weighted by atomic mass is 16.7. The quantitative estimate of drug-likeness (QED) is 0.634. The van der Waals surface area contributed by atoms with Crippen molar-refractivity contribution in [3.63, 3.8) is 0 Å². The van der Waals surface area contributed by atoms with Gasteiger partial charge in [-0.25, -0.2) is 4.79 Å². The van der Waals surface area contributed by atoms with Gasteiger partial charge < -0.3 is 4.84 Å². The molecule has 0 aliphatic carbocycles. The maximum absolute atomic E-state index is 11.8. The Hall–Kier alpha value is -2.94. The molecule has 0 unspecified atom stereocenters. The molecular formula is C18H13NO2. The summed E-state index contributed by atoms with van der Waals surface area (Å²) in [5.74, 6) is -0.424. The standard InChI is InChI=1S/C18H13NO2/c20-18-16(13-7-10-14-8-3-1-4-9-14)17(19-21-18)15-11-5-2-6-12-15/h1-13H/b10-7-,16-13+. The molecule has 3 heteroatoms. The van der Waals surface area contributed by atoms with E-state index in [1.807, 2.05) is 72.8 Å². The summed E-state index contributed by atoms with van der Waals surface area (Å²) in [6.07, 6.45) is 5.49. The van der Waals surface area contributed by atoms with Gasteiger partial charge in [-0.1, -0.05) is 78.0 Å². The van der Waals surface area contributed by atoms with Crippen LogP contribution in [0.15, 0.2) is 83.5 Å². The number of rotatable bonds is 3.